The van der Waals surface area contributed by atoms with Crippen molar-refractivity contribution in [2.24, 2.45) is 5.92 Å². The van der Waals surface area contributed by atoms with Crippen LogP contribution >= 0.6 is 34.7 Å². The summed E-state index contributed by atoms with van der Waals surface area (Å²) in [4.78, 5) is 35.1. The van der Waals surface area contributed by atoms with Crippen molar-refractivity contribution in [3.8, 4) is 0 Å². The lowest BCUT2D eigenvalue weighted by Crippen LogP contribution is -2.25. The molecule has 4 rings (SSSR count). The van der Waals surface area contributed by atoms with Crippen LogP contribution in [0.1, 0.15) is 19.5 Å². The minimum Gasteiger partial charge on any atom is -0.287 e. The first-order valence-corrected chi connectivity index (χ1v) is 11.0. The fourth-order valence-electron chi connectivity index (χ4n) is 2.91. The lowest BCUT2D eigenvalue weighted by Gasteiger charge is -2.15. The summed E-state index contributed by atoms with van der Waals surface area (Å²) in [6.07, 6.45) is 1.71. The normalized spacial score (nSPS) is 11.7. The highest BCUT2D eigenvalue weighted by molar-refractivity contribution is 7.98. The van der Waals surface area contributed by atoms with E-state index in [1.807, 2.05) is 5.38 Å². The number of benzene rings is 1. The molecule has 0 bridgehead atoms. The third-order valence-electron chi connectivity index (χ3n) is 4.13. The molecule has 0 saturated heterocycles. The Bertz CT molecular complexity index is 1290. The summed E-state index contributed by atoms with van der Waals surface area (Å²) < 4.78 is 3.20. The minimum atomic E-state index is -0.109. The third kappa shape index (κ3) is 3.72. The van der Waals surface area contributed by atoms with Crippen LogP contribution in [0.2, 0.25) is 5.02 Å². The summed E-state index contributed by atoms with van der Waals surface area (Å²) >= 11 is 8.88. The van der Waals surface area contributed by atoms with Crippen LogP contribution in [0.4, 0.5) is 0 Å². The predicted molar refractivity (Wildman–Crippen MR) is 115 cm³/mol. The van der Waals surface area contributed by atoms with Crippen molar-refractivity contribution in [3.05, 3.63) is 67.3 Å². The maximum absolute atomic E-state index is 13.0. The first-order valence-electron chi connectivity index (χ1n) is 8.71. The van der Waals surface area contributed by atoms with E-state index in [4.69, 9.17) is 11.6 Å². The van der Waals surface area contributed by atoms with Gasteiger partial charge in [0.25, 0.3) is 11.1 Å². The largest absolute Gasteiger partial charge is 0.287 e. The Balaban J connectivity index is 1.74. The van der Waals surface area contributed by atoms with Crippen LogP contribution < -0.4 is 11.1 Å². The molecule has 3 heterocycles. The summed E-state index contributed by atoms with van der Waals surface area (Å²) in [5.41, 5.74) is 1.06. The van der Waals surface area contributed by atoms with E-state index in [9.17, 15) is 9.59 Å². The van der Waals surface area contributed by atoms with Crippen LogP contribution in [0.5, 0.6) is 0 Å². The molecule has 0 N–H and O–H groups in total. The number of aromatic nitrogens is 4. The number of rotatable bonds is 5. The van der Waals surface area contributed by atoms with Crippen LogP contribution in [0.15, 0.2) is 50.6 Å². The van der Waals surface area contributed by atoms with Crippen molar-refractivity contribution in [1.82, 2.24) is 18.9 Å². The number of halogens is 1. The molecule has 9 heteroatoms. The molecule has 0 atom stereocenters. The summed E-state index contributed by atoms with van der Waals surface area (Å²) in [6, 6.07) is 6.67. The van der Waals surface area contributed by atoms with E-state index < -0.39 is 0 Å². The third-order valence-corrected chi connectivity index (χ3v) is 6.14. The molecule has 6 nitrogen and oxygen atoms in total. The summed E-state index contributed by atoms with van der Waals surface area (Å²) in [5.74, 6) is 0.730. The monoisotopic (exact) mass is 432 g/mol. The van der Waals surface area contributed by atoms with Crippen molar-refractivity contribution in [2.45, 2.75) is 31.3 Å². The molecule has 144 valence electrons. The molecule has 0 fully saturated rings. The average molecular weight is 433 g/mol. The molecule has 0 aliphatic carbocycles. The molecule has 28 heavy (non-hydrogen) atoms. The lowest BCUT2D eigenvalue weighted by atomic mass is 10.2. The molecule has 0 spiro atoms. The Morgan fingerprint density at radius 1 is 1.21 bits per heavy atom. The molecule has 4 aromatic rings. The molecule has 0 saturated carbocycles. The van der Waals surface area contributed by atoms with Crippen molar-refractivity contribution in [1.29, 1.82) is 0 Å². The van der Waals surface area contributed by atoms with Crippen molar-refractivity contribution < 1.29 is 0 Å². The Labute approximate surface area is 173 Å². The zero-order valence-corrected chi connectivity index (χ0v) is 17.6. The van der Waals surface area contributed by atoms with Gasteiger partial charge in [0.1, 0.15) is 0 Å². The van der Waals surface area contributed by atoms with Gasteiger partial charge in [0.15, 0.2) is 10.1 Å². The zero-order chi connectivity index (χ0) is 19.8. The quantitative estimate of drug-likeness (QED) is 0.351. The summed E-state index contributed by atoms with van der Waals surface area (Å²) in [5, 5.41) is 3.46. The average Bonchev–Trinajstić information content (AvgIpc) is 3.12. The number of thioether (sulfide) groups is 1. The lowest BCUT2D eigenvalue weighted by molar-refractivity contribution is 0.475. The summed E-state index contributed by atoms with van der Waals surface area (Å²) in [7, 11) is 0. The minimum absolute atomic E-state index is 0.106. The number of fused-ring (bicyclic) bond motifs is 2. The fraction of sp³-hybridized carbons (Fsp3) is 0.263. The van der Waals surface area contributed by atoms with Crippen LogP contribution in [0.3, 0.4) is 0 Å². The summed E-state index contributed by atoms with van der Waals surface area (Å²) in [6.45, 7) is 4.66. The maximum atomic E-state index is 13.0. The van der Waals surface area contributed by atoms with E-state index in [0.717, 1.165) is 0 Å². The Morgan fingerprint density at radius 2 is 2.04 bits per heavy atom. The van der Waals surface area contributed by atoms with Gasteiger partial charge in [-0.05, 0) is 24.1 Å². The van der Waals surface area contributed by atoms with E-state index in [2.05, 4.69) is 23.8 Å². The van der Waals surface area contributed by atoms with E-state index in [1.54, 1.807) is 29.0 Å². The second-order valence-electron chi connectivity index (χ2n) is 6.80. The van der Waals surface area contributed by atoms with Gasteiger partial charge in [-0.1, -0.05) is 37.2 Å². The number of nitrogens with zero attached hydrogens (tertiary/aromatic N) is 4. The predicted octanol–water partition coefficient (Wildman–Crippen LogP) is 4.07. The molecule has 1 aromatic carbocycles. The van der Waals surface area contributed by atoms with E-state index >= 15 is 0 Å². The molecular weight excluding hydrogens is 416 g/mol. The van der Waals surface area contributed by atoms with Crippen molar-refractivity contribution in [3.63, 3.8) is 0 Å². The zero-order valence-electron chi connectivity index (χ0n) is 15.3. The maximum Gasteiger partial charge on any atom is 0.262 e. The van der Waals surface area contributed by atoms with Gasteiger partial charge >= 0.3 is 0 Å². The van der Waals surface area contributed by atoms with Crippen molar-refractivity contribution >= 4 is 50.6 Å². The topological polar surface area (TPSA) is 69.3 Å². The van der Waals surface area contributed by atoms with Gasteiger partial charge in [0.2, 0.25) is 0 Å². The number of thiazole rings is 1. The van der Waals surface area contributed by atoms with Crippen LogP contribution in [0, 0.1) is 5.92 Å². The highest BCUT2D eigenvalue weighted by atomic mass is 35.5. The number of hydrogen-bond acceptors (Lipinski definition) is 6. The van der Waals surface area contributed by atoms with Crippen LogP contribution in [0.25, 0.3) is 15.9 Å². The Kier molecular flexibility index (Phi) is 5.27. The highest BCUT2D eigenvalue weighted by Gasteiger charge is 2.14. The molecule has 3 aromatic heterocycles. The molecule has 0 amide bonds. The van der Waals surface area contributed by atoms with Gasteiger partial charge in [0.05, 0.1) is 16.6 Å². The van der Waals surface area contributed by atoms with Crippen LogP contribution in [-0.4, -0.2) is 18.9 Å². The van der Waals surface area contributed by atoms with E-state index in [-0.39, 0.29) is 17.0 Å². The second-order valence-corrected chi connectivity index (χ2v) is 9.05. The number of hydrogen-bond donors (Lipinski definition) is 0. The van der Waals surface area contributed by atoms with E-state index in [1.165, 1.54) is 33.6 Å². The van der Waals surface area contributed by atoms with Crippen molar-refractivity contribution in [2.75, 3.05) is 0 Å². The van der Waals surface area contributed by atoms with Gasteiger partial charge in [-0.25, -0.2) is 9.97 Å². The fourth-order valence-corrected chi connectivity index (χ4v) is 4.72. The van der Waals surface area contributed by atoms with Gasteiger partial charge in [-0.3, -0.25) is 18.6 Å². The standard InChI is InChI=1S/C19H17ClN4O2S2/c1-11(2)9-24-17(26)14-7-12(20)3-4-15(14)22-19(24)28-10-13-8-16(25)23-5-6-27-18(23)21-13/h3-8,11H,9-10H2,1-2H3. The molecule has 0 aliphatic heterocycles. The van der Waals surface area contributed by atoms with Crippen LogP contribution in [-0.2, 0) is 12.3 Å². The first kappa shape index (κ1) is 19.2. The molecule has 0 radical (unpaired) electrons. The Hall–Kier alpha value is -2.16. The highest BCUT2D eigenvalue weighted by Crippen LogP contribution is 2.23. The van der Waals surface area contributed by atoms with Gasteiger partial charge in [-0.2, -0.15) is 0 Å². The van der Waals surface area contributed by atoms with E-state index in [0.29, 0.717) is 44.0 Å². The molecular formula is C19H17ClN4O2S2. The van der Waals surface area contributed by atoms with Gasteiger partial charge < -0.3 is 0 Å². The van der Waals surface area contributed by atoms with Gasteiger partial charge in [-0.15, -0.1) is 11.3 Å². The molecule has 0 aliphatic rings. The Morgan fingerprint density at radius 3 is 2.82 bits per heavy atom. The smallest absolute Gasteiger partial charge is 0.262 e. The SMILES string of the molecule is CC(C)Cn1c(SCc2cc(=O)n3ccsc3n2)nc2ccc(Cl)cc2c1=O. The van der Waals surface area contributed by atoms with Gasteiger partial charge in [0, 0.05) is 35.0 Å². The second kappa shape index (κ2) is 7.69. The molecule has 0 unspecified atom stereocenters. The first-order chi connectivity index (χ1) is 13.4.